The maximum atomic E-state index is 11.8. The number of nitrogens with one attached hydrogen (secondary N) is 1. The molecule has 0 bridgehead atoms. The highest BCUT2D eigenvalue weighted by Crippen LogP contribution is 2.27. The maximum absolute atomic E-state index is 11.8. The van der Waals surface area contributed by atoms with Gasteiger partial charge in [-0.2, -0.15) is 0 Å². The molecule has 2 rings (SSSR count). The van der Waals surface area contributed by atoms with Gasteiger partial charge in [0.25, 0.3) is 0 Å². The van der Waals surface area contributed by atoms with Gasteiger partial charge >= 0.3 is 5.97 Å². The number of carbonyl (C=O) groups is 1. The fourth-order valence-corrected chi connectivity index (χ4v) is 3.01. The van der Waals surface area contributed by atoms with Crippen LogP contribution in [0.25, 0.3) is 0 Å². The molecule has 0 radical (unpaired) electrons. The number of esters is 1. The predicted molar refractivity (Wildman–Crippen MR) is 80.4 cm³/mol. The van der Waals surface area contributed by atoms with Gasteiger partial charge in [0.2, 0.25) is 0 Å². The molecule has 3 nitrogen and oxygen atoms in total. The smallest absolute Gasteiger partial charge is 0.308 e. The lowest BCUT2D eigenvalue weighted by Gasteiger charge is -2.31. The molecule has 0 spiro atoms. The van der Waals surface area contributed by atoms with E-state index >= 15 is 0 Å². The summed E-state index contributed by atoms with van der Waals surface area (Å²) in [6.07, 6.45) is 4.11. The Hall–Kier alpha value is -1.35. The van der Waals surface area contributed by atoms with Crippen molar-refractivity contribution in [3.05, 3.63) is 35.9 Å². The summed E-state index contributed by atoms with van der Waals surface area (Å²) in [6.45, 7) is 4.53. The van der Waals surface area contributed by atoms with Gasteiger partial charge in [-0.3, -0.25) is 4.79 Å². The summed E-state index contributed by atoms with van der Waals surface area (Å²) in [5.41, 5.74) is 1.30. The molecule has 1 fully saturated rings. The largest absolute Gasteiger partial charge is 0.466 e. The van der Waals surface area contributed by atoms with Gasteiger partial charge in [0.1, 0.15) is 0 Å². The Morgan fingerprint density at radius 1 is 1.35 bits per heavy atom. The van der Waals surface area contributed by atoms with Crippen molar-refractivity contribution in [1.82, 2.24) is 5.32 Å². The lowest BCUT2D eigenvalue weighted by atomic mass is 9.85. The van der Waals surface area contributed by atoms with Gasteiger partial charge in [0.15, 0.2) is 0 Å². The fraction of sp³-hybridized carbons (Fsp3) is 0.588. The molecule has 20 heavy (non-hydrogen) atoms. The second-order valence-electron chi connectivity index (χ2n) is 5.61. The van der Waals surface area contributed by atoms with Crippen molar-refractivity contribution in [3.63, 3.8) is 0 Å². The summed E-state index contributed by atoms with van der Waals surface area (Å²) in [5.74, 6) is 0.0514. The molecule has 1 aromatic rings. The molecule has 0 aromatic heterocycles. The van der Waals surface area contributed by atoms with E-state index in [-0.39, 0.29) is 11.9 Å². The molecule has 3 heteroatoms. The Morgan fingerprint density at radius 2 is 2.10 bits per heavy atom. The van der Waals surface area contributed by atoms with Crippen LogP contribution in [0, 0.1) is 5.92 Å². The highest BCUT2D eigenvalue weighted by molar-refractivity contribution is 5.72. The number of hydrogen-bond donors (Lipinski definition) is 1. The molecule has 1 saturated carbocycles. The molecule has 1 aliphatic rings. The minimum Gasteiger partial charge on any atom is -0.466 e. The SMILES string of the molecule is CCOC(=O)C1CCCC(N[C@@H](C)c2ccccc2)C1. The van der Waals surface area contributed by atoms with Crippen molar-refractivity contribution in [3.8, 4) is 0 Å². The zero-order valence-corrected chi connectivity index (χ0v) is 12.5. The van der Waals surface area contributed by atoms with E-state index < -0.39 is 0 Å². The summed E-state index contributed by atoms with van der Waals surface area (Å²) in [7, 11) is 0. The van der Waals surface area contributed by atoms with E-state index in [4.69, 9.17) is 4.74 Å². The van der Waals surface area contributed by atoms with Crippen molar-refractivity contribution < 1.29 is 9.53 Å². The topological polar surface area (TPSA) is 38.3 Å². The molecular formula is C17H25NO2. The Labute approximate surface area is 121 Å². The molecule has 0 saturated heterocycles. The average Bonchev–Trinajstić information content (AvgIpc) is 2.48. The highest BCUT2D eigenvalue weighted by Gasteiger charge is 2.28. The Kier molecular flexibility index (Phi) is 5.60. The van der Waals surface area contributed by atoms with Crippen LogP contribution < -0.4 is 5.32 Å². The molecular weight excluding hydrogens is 250 g/mol. The first-order chi connectivity index (χ1) is 9.70. The molecule has 2 unspecified atom stereocenters. The third-order valence-corrected chi connectivity index (χ3v) is 4.08. The van der Waals surface area contributed by atoms with Crippen LogP contribution >= 0.6 is 0 Å². The van der Waals surface area contributed by atoms with E-state index in [1.807, 2.05) is 13.0 Å². The van der Waals surface area contributed by atoms with E-state index in [9.17, 15) is 4.79 Å². The molecule has 1 aromatic carbocycles. The van der Waals surface area contributed by atoms with Crippen LogP contribution in [0.3, 0.4) is 0 Å². The van der Waals surface area contributed by atoms with Crippen molar-refractivity contribution in [1.29, 1.82) is 0 Å². The van der Waals surface area contributed by atoms with E-state index in [0.717, 1.165) is 25.7 Å². The summed E-state index contributed by atoms with van der Waals surface area (Å²) in [4.78, 5) is 11.8. The van der Waals surface area contributed by atoms with Crippen molar-refractivity contribution in [2.24, 2.45) is 5.92 Å². The number of hydrogen-bond acceptors (Lipinski definition) is 3. The molecule has 0 amide bonds. The predicted octanol–water partition coefficient (Wildman–Crippen LogP) is 3.46. The second kappa shape index (κ2) is 7.44. The summed E-state index contributed by atoms with van der Waals surface area (Å²) < 4.78 is 5.15. The quantitative estimate of drug-likeness (QED) is 0.836. The zero-order valence-electron chi connectivity index (χ0n) is 12.5. The van der Waals surface area contributed by atoms with Crippen molar-refractivity contribution in [2.45, 2.75) is 51.6 Å². The molecule has 1 N–H and O–H groups in total. The minimum atomic E-state index is -0.0219. The van der Waals surface area contributed by atoms with Gasteiger partial charge < -0.3 is 10.1 Å². The van der Waals surface area contributed by atoms with Crippen LogP contribution in [0.2, 0.25) is 0 Å². The van der Waals surface area contributed by atoms with Crippen LogP contribution in [0.5, 0.6) is 0 Å². The number of benzene rings is 1. The minimum absolute atomic E-state index is 0.0219. The molecule has 0 heterocycles. The number of ether oxygens (including phenoxy) is 1. The number of carbonyl (C=O) groups excluding carboxylic acids is 1. The van der Waals surface area contributed by atoms with E-state index in [1.165, 1.54) is 5.56 Å². The summed E-state index contributed by atoms with van der Waals surface area (Å²) in [5, 5.41) is 3.65. The zero-order chi connectivity index (χ0) is 14.4. The van der Waals surface area contributed by atoms with E-state index in [1.54, 1.807) is 0 Å². The molecule has 3 atom stereocenters. The first-order valence-electron chi connectivity index (χ1n) is 7.68. The fourth-order valence-electron chi connectivity index (χ4n) is 3.01. The van der Waals surface area contributed by atoms with Crippen LogP contribution in [0.4, 0.5) is 0 Å². The third-order valence-electron chi connectivity index (χ3n) is 4.08. The van der Waals surface area contributed by atoms with Crippen molar-refractivity contribution in [2.75, 3.05) is 6.61 Å². The van der Waals surface area contributed by atoms with Gasteiger partial charge in [0.05, 0.1) is 12.5 Å². The van der Waals surface area contributed by atoms with Gasteiger partial charge in [-0.05, 0) is 38.7 Å². The Balaban J connectivity index is 1.88. The first kappa shape index (κ1) is 15.0. The first-order valence-corrected chi connectivity index (χ1v) is 7.68. The maximum Gasteiger partial charge on any atom is 0.308 e. The van der Waals surface area contributed by atoms with E-state index in [0.29, 0.717) is 18.7 Å². The monoisotopic (exact) mass is 275 g/mol. The van der Waals surface area contributed by atoms with Crippen LogP contribution in [-0.2, 0) is 9.53 Å². The molecule has 0 aliphatic heterocycles. The third kappa shape index (κ3) is 4.07. The summed E-state index contributed by atoms with van der Waals surface area (Å²) in [6, 6.07) is 11.2. The molecule has 1 aliphatic carbocycles. The normalized spacial score (nSPS) is 24.1. The lowest BCUT2D eigenvalue weighted by molar-refractivity contribution is -0.149. The lowest BCUT2D eigenvalue weighted by Crippen LogP contribution is -2.38. The van der Waals surface area contributed by atoms with Gasteiger partial charge in [-0.1, -0.05) is 36.8 Å². The van der Waals surface area contributed by atoms with E-state index in [2.05, 4.69) is 36.5 Å². The number of rotatable bonds is 5. The second-order valence-corrected chi connectivity index (χ2v) is 5.61. The van der Waals surface area contributed by atoms with Gasteiger partial charge in [0, 0.05) is 12.1 Å². The Morgan fingerprint density at radius 3 is 2.80 bits per heavy atom. The van der Waals surface area contributed by atoms with Crippen LogP contribution in [0.1, 0.15) is 51.1 Å². The average molecular weight is 275 g/mol. The molecule has 110 valence electrons. The van der Waals surface area contributed by atoms with Gasteiger partial charge in [-0.15, -0.1) is 0 Å². The highest BCUT2D eigenvalue weighted by atomic mass is 16.5. The van der Waals surface area contributed by atoms with Crippen LogP contribution in [0.15, 0.2) is 30.3 Å². The van der Waals surface area contributed by atoms with Crippen LogP contribution in [-0.4, -0.2) is 18.6 Å². The summed E-state index contributed by atoms with van der Waals surface area (Å²) >= 11 is 0. The van der Waals surface area contributed by atoms with Gasteiger partial charge in [-0.25, -0.2) is 0 Å². The standard InChI is InChI=1S/C17H25NO2/c1-3-20-17(19)15-10-7-11-16(12-15)18-13(2)14-8-5-4-6-9-14/h4-6,8-9,13,15-16,18H,3,7,10-12H2,1-2H3/t13-,15?,16?/m0/s1. The van der Waals surface area contributed by atoms with Crippen molar-refractivity contribution >= 4 is 5.97 Å². The Bertz CT molecular complexity index is 418.